The maximum absolute atomic E-state index is 6.13. The Bertz CT molecular complexity index is 219. The van der Waals surface area contributed by atoms with E-state index < -0.39 is 0 Å². The van der Waals surface area contributed by atoms with E-state index in [1.807, 2.05) is 0 Å². The largest absolute Gasteiger partial charge is 0.329 e. The van der Waals surface area contributed by atoms with Crippen LogP contribution >= 0.6 is 0 Å². The Balaban J connectivity index is 2.85. The van der Waals surface area contributed by atoms with Crippen LogP contribution in [-0.4, -0.2) is 29.6 Å². The van der Waals surface area contributed by atoms with Crippen molar-refractivity contribution in [1.82, 2.24) is 4.90 Å². The Morgan fingerprint density at radius 3 is 2.06 bits per heavy atom. The van der Waals surface area contributed by atoms with Gasteiger partial charge < -0.3 is 5.73 Å². The third-order valence-corrected chi connectivity index (χ3v) is 4.47. The second-order valence-corrected chi connectivity index (χ2v) is 6.35. The summed E-state index contributed by atoms with van der Waals surface area (Å²) in [7, 11) is 0. The Kier molecular flexibility index (Phi) is 5.46. The highest BCUT2D eigenvalue weighted by Crippen LogP contribution is 2.44. The van der Waals surface area contributed by atoms with Crippen molar-refractivity contribution in [3.05, 3.63) is 0 Å². The molecule has 2 nitrogen and oxygen atoms in total. The van der Waals surface area contributed by atoms with E-state index in [-0.39, 0.29) is 5.54 Å². The molecule has 2 heteroatoms. The van der Waals surface area contributed by atoms with E-state index in [2.05, 4.69) is 39.5 Å². The van der Waals surface area contributed by atoms with Crippen LogP contribution in [0.1, 0.15) is 60.3 Å². The van der Waals surface area contributed by atoms with Gasteiger partial charge in [0.25, 0.3) is 0 Å². The van der Waals surface area contributed by atoms with Crippen molar-refractivity contribution in [3.8, 4) is 0 Å². The molecule has 1 aliphatic rings. The maximum atomic E-state index is 6.13. The monoisotopic (exact) mass is 240 g/mol. The summed E-state index contributed by atoms with van der Waals surface area (Å²) in [5, 5.41) is 0. The zero-order valence-corrected chi connectivity index (χ0v) is 12.5. The number of nitrogens with two attached hydrogens (primary N) is 1. The molecule has 1 fully saturated rings. The molecule has 102 valence electrons. The summed E-state index contributed by atoms with van der Waals surface area (Å²) in [5.41, 5.74) is 6.37. The molecule has 1 atom stereocenters. The average Bonchev–Trinajstić information content (AvgIpc) is 3.12. The SMILES string of the molecule is CCC(CC)N(CC(C)C)C(C)(CN)C1CC1. The first-order valence-corrected chi connectivity index (χ1v) is 7.46. The van der Waals surface area contributed by atoms with Crippen molar-refractivity contribution >= 4 is 0 Å². The average molecular weight is 240 g/mol. The van der Waals surface area contributed by atoms with Gasteiger partial charge in [0.05, 0.1) is 0 Å². The first-order valence-electron chi connectivity index (χ1n) is 7.46. The summed E-state index contributed by atoms with van der Waals surface area (Å²) in [6.07, 6.45) is 5.24. The first kappa shape index (κ1) is 15.0. The van der Waals surface area contributed by atoms with Crippen LogP contribution in [-0.2, 0) is 0 Å². The molecule has 2 N–H and O–H groups in total. The van der Waals surface area contributed by atoms with E-state index in [9.17, 15) is 0 Å². The molecule has 0 aromatic rings. The summed E-state index contributed by atoms with van der Waals surface area (Å²) < 4.78 is 0. The molecule has 1 saturated carbocycles. The van der Waals surface area contributed by atoms with Crippen LogP contribution in [0.2, 0.25) is 0 Å². The van der Waals surface area contributed by atoms with Crippen LogP contribution in [0, 0.1) is 11.8 Å². The topological polar surface area (TPSA) is 29.3 Å². The molecule has 1 aliphatic carbocycles. The van der Waals surface area contributed by atoms with E-state index >= 15 is 0 Å². The van der Waals surface area contributed by atoms with Crippen LogP contribution in [0.4, 0.5) is 0 Å². The predicted octanol–water partition coefficient (Wildman–Crippen LogP) is 3.26. The van der Waals surface area contributed by atoms with Gasteiger partial charge >= 0.3 is 0 Å². The van der Waals surface area contributed by atoms with Crippen LogP contribution in [0.5, 0.6) is 0 Å². The standard InChI is InChI=1S/C15H32N2/c1-6-14(7-2)17(10-12(3)4)15(5,11-16)13-8-9-13/h12-14H,6-11,16H2,1-5H3. The van der Waals surface area contributed by atoms with E-state index in [4.69, 9.17) is 5.73 Å². The quantitative estimate of drug-likeness (QED) is 0.705. The Hall–Kier alpha value is -0.0800. The Morgan fingerprint density at radius 1 is 1.24 bits per heavy atom. The van der Waals surface area contributed by atoms with Crippen molar-refractivity contribution < 1.29 is 0 Å². The first-order chi connectivity index (χ1) is 7.99. The maximum Gasteiger partial charge on any atom is 0.0334 e. The van der Waals surface area contributed by atoms with Crippen molar-refractivity contribution in [3.63, 3.8) is 0 Å². The molecule has 1 rings (SSSR count). The number of hydrogen-bond donors (Lipinski definition) is 1. The minimum atomic E-state index is 0.237. The molecule has 0 spiro atoms. The fourth-order valence-corrected chi connectivity index (χ4v) is 3.12. The lowest BCUT2D eigenvalue weighted by atomic mass is 9.89. The van der Waals surface area contributed by atoms with Gasteiger partial charge in [0.1, 0.15) is 0 Å². The Labute approximate surface area is 108 Å². The fourth-order valence-electron chi connectivity index (χ4n) is 3.12. The van der Waals surface area contributed by atoms with Gasteiger partial charge in [0.2, 0.25) is 0 Å². The minimum absolute atomic E-state index is 0.237. The van der Waals surface area contributed by atoms with E-state index in [1.54, 1.807) is 0 Å². The number of hydrogen-bond acceptors (Lipinski definition) is 2. The third kappa shape index (κ3) is 3.45. The lowest BCUT2D eigenvalue weighted by molar-refractivity contribution is 0.0285. The molecule has 0 heterocycles. The van der Waals surface area contributed by atoms with E-state index in [0.29, 0.717) is 6.04 Å². The molecule has 0 bridgehead atoms. The molecule has 0 radical (unpaired) electrons. The zero-order valence-electron chi connectivity index (χ0n) is 12.5. The van der Waals surface area contributed by atoms with Gasteiger partial charge in [-0.1, -0.05) is 27.7 Å². The van der Waals surface area contributed by atoms with Crippen molar-refractivity contribution in [2.75, 3.05) is 13.1 Å². The number of nitrogens with zero attached hydrogens (tertiary/aromatic N) is 1. The smallest absolute Gasteiger partial charge is 0.0334 e. The van der Waals surface area contributed by atoms with Gasteiger partial charge in [-0.05, 0) is 44.4 Å². The molecule has 0 aromatic heterocycles. The van der Waals surface area contributed by atoms with Crippen LogP contribution < -0.4 is 5.73 Å². The summed E-state index contributed by atoms with van der Waals surface area (Å²) in [5.74, 6) is 1.56. The second kappa shape index (κ2) is 6.19. The highest BCUT2D eigenvalue weighted by molar-refractivity contribution is 5.02. The summed E-state index contributed by atoms with van der Waals surface area (Å²) >= 11 is 0. The highest BCUT2D eigenvalue weighted by Gasteiger charge is 2.46. The van der Waals surface area contributed by atoms with Gasteiger partial charge in [-0.2, -0.15) is 0 Å². The molecular weight excluding hydrogens is 208 g/mol. The van der Waals surface area contributed by atoms with Crippen LogP contribution in [0.15, 0.2) is 0 Å². The predicted molar refractivity (Wildman–Crippen MR) is 76.1 cm³/mol. The molecule has 0 amide bonds. The van der Waals surface area contributed by atoms with Crippen molar-refractivity contribution in [2.24, 2.45) is 17.6 Å². The summed E-state index contributed by atoms with van der Waals surface area (Å²) in [6.45, 7) is 13.7. The lowest BCUT2D eigenvalue weighted by Crippen LogP contribution is -2.58. The lowest BCUT2D eigenvalue weighted by Gasteiger charge is -2.46. The minimum Gasteiger partial charge on any atom is -0.329 e. The van der Waals surface area contributed by atoms with Gasteiger partial charge in [0, 0.05) is 24.7 Å². The molecule has 0 aromatic carbocycles. The highest BCUT2D eigenvalue weighted by atomic mass is 15.2. The van der Waals surface area contributed by atoms with Gasteiger partial charge in [-0.3, -0.25) is 4.90 Å². The van der Waals surface area contributed by atoms with Crippen molar-refractivity contribution in [2.45, 2.75) is 71.9 Å². The molecule has 1 unspecified atom stereocenters. The van der Waals surface area contributed by atoms with E-state index in [0.717, 1.165) is 18.4 Å². The normalized spacial score (nSPS) is 20.3. The van der Waals surface area contributed by atoms with Gasteiger partial charge in [-0.25, -0.2) is 0 Å². The number of rotatable bonds is 8. The third-order valence-electron chi connectivity index (χ3n) is 4.47. The fraction of sp³-hybridized carbons (Fsp3) is 1.00. The molecular formula is C15H32N2. The van der Waals surface area contributed by atoms with Crippen LogP contribution in [0.3, 0.4) is 0 Å². The Morgan fingerprint density at radius 2 is 1.76 bits per heavy atom. The zero-order chi connectivity index (χ0) is 13.1. The second-order valence-electron chi connectivity index (χ2n) is 6.35. The molecule has 17 heavy (non-hydrogen) atoms. The molecule has 0 aliphatic heterocycles. The molecule has 0 saturated heterocycles. The van der Waals surface area contributed by atoms with Gasteiger partial charge in [0.15, 0.2) is 0 Å². The summed E-state index contributed by atoms with van der Waals surface area (Å²) in [4.78, 5) is 2.73. The van der Waals surface area contributed by atoms with Crippen LogP contribution in [0.25, 0.3) is 0 Å². The summed E-state index contributed by atoms with van der Waals surface area (Å²) in [6, 6.07) is 0.701. The van der Waals surface area contributed by atoms with E-state index in [1.165, 1.54) is 32.2 Å². The van der Waals surface area contributed by atoms with Gasteiger partial charge in [-0.15, -0.1) is 0 Å². The van der Waals surface area contributed by atoms with Crippen molar-refractivity contribution in [1.29, 1.82) is 0 Å².